The minimum Gasteiger partial charge on any atom is -0.324 e. The third-order valence-electron chi connectivity index (χ3n) is 3.20. The Kier molecular flexibility index (Phi) is 4.81. The molecule has 1 amide bonds. The molecule has 2 heterocycles. The number of anilines is 1. The molecule has 2 rings (SSSR count). The molecule has 5 nitrogen and oxygen atoms in total. The zero-order valence-electron chi connectivity index (χ0n) is 11.6. The molecule has 0 bridgehead atoms. The van der Waals surface area contributed by atoms with Crippen LogP contribution in [0.4, 0.5) is 5.69 Å². The van der Waals surface area contributed by atoms with Gasteiger partial charge in [0.1, 0.15) is 5.01 Å². The van der Waals surface area contributed by atoms with Crippen molar-refractivity contribution in [1.29, 1.82) is 0 Å². The van der Waals surface area contributed by atoms with Crippen LogP contribution in [0.25, 0.3) is 0 Å². The minimum absolute atomic E-state index is 0.0887. The first-order valence-corrected chi connectivity index (χ1v) is 7.37. The van der Waals surface area contributed by atoms with Gasteiger partial charge in [0.15, 0.2) is 0 Å². The number of thiazole rings is 1. The van der Waals surface area contributed by atoms with Crippen LogP contribution in [0, 0.1) is 0 Å². The molecular formula is C14H18N4OS. The van der Waals surface area contributed by atoms with E-state index >= 15 is 0 Å². The third-order valence-corrected chi connectivity index (χ3v) is 4.23. The lowest BCUT2D eigenvalue weighted by atomic mass is 10.00. The van der Waals surface area contributed by atoms with Crippen molar-refractivity contribution in [3.63, 3.8) is 0 Å². The second-order valence-electron chi connectivity index (χ2n) is 4.67. The number of nitrogens with zero attached hydrogens (tertiary/aromatic N) is 2. The molecule has 2 N–H and O–H groups in total. The molecule has 6 heteroatoms. The summed E-state index contributed by atoms with van der Waals surface area (Å²) in [7, 11) is 0. The number of amides is 1. The number of nitrogens with one attached hydrogen (secondary N) is 2. The van der Waals surface area contributed by atoms with Gasteiger partial charge in [-0.05, 0) is 25.5 Å². The Morgan fingerprint density at radius 1 is 1.45 bits per heavy atom. The second-order valence-corrected chi connectivity index (χ2v) is 5.56. The predicted molar refractivity (Wildman–Crippen MR) is 80.6 cm³/mol. The summed E-state index contributed by atoms with van der Waals surface area (Å²) >= 11 is 1.59. The monoisotopic (exact) mass is 290 g/mol. The fraction of sp³-hybridized carbons (Fsp3) is 0.357. The maximum Gasteiger partial charge on any atom is 0.238 e. The summed E-state index contributed by atoms with van der Waals surface area (Å²) in [6.07, 6.45) is 5.94. The molecule has 0 aliphatic carbocycles. The molecule has 1 atom stereocenters. The van der Waals surface area contributed by atoms with E-state index in [0.717, 1.165) is 11.4 Å². The molecule has 0 aliphatic rings. The number of carbonyl (C=O) groups is 1. The van der Waals surface area contributed by atoms with Gasteiger partial charge in [-0.1, -0.05) is 6.92 Å². The van der Waals surface area contributed by atoms with Gasteiger partial charge in [-0.2, -0.15) is 0 Å². The van der Waals surface area contributed by atoms with E-state index in [1.54, 1.807) is 36.0 Å². The molecule has 0 radical (unpaired) electrons. The average Bonchev–Trinajstić information content (AvgIpc) is 3.01. The topological polar surface area (TPSA) is 66.9 Å². The zero-order chi connectivity index (χ0) is 14.4. The Balaban J connectivity index is 1.92. The highest BCUT2D eigenvalue weighted by Gasteiger charge is 2.27. The Hall–Kier alpha value is -1.79. The van der Waals surface area contributed by atoms with Crippen molar-refractivity contribution in [2.75, 3.05) is 11.9 Å². The number of aromatic nitrogens is 2. The fourth-order valence-corrected chi connectivity index (χ4v) is 2.61. The predicted octanol–water partition coefficient (Wildman–Crippen LogP) is 2.39. The Labute approximate surface area is 122 Å². The van der Waals surface area contributed by atoms with Gasteiger partial charge in [-0.3, -0.25) is 15.1 Å². The normalized spacial score (nSPS) is 13.7. The molecule has 0 fully saturated rings. The van der Waals surface area contributed by atoms with Gasteiger partial charge in [0.25, 0.3) is 0 Å². The van der Waals surface area contributed by atoms with Crippen molar-refractivity contribution in [3.8, 4) is 0 Å². The van der Waals surface area contributed by atoms with Crippen molar-refractivity contribution in [2.45, 2.75) is 25.8 Å². The smallest absolute Gasteiger partial charge is 0.238 e. The molecule has 106 valence electrons. The molecule has 1 unspecified atom stereocenters. The SMILES string of the molecule is CCC(C)(NCC(=O)Nc1cccnc1)c1nccs1. The first kappa shape index (κ1) is 14.6. The lowest BCUT2D eigenvalue weighted by Crippen LogP contribution is -2.43. The summed E-state index contributed by atoms with van der Waals surface area (Å²) < 4.78 is 0. The van der Waals surface area contributed by atoms with Crippen LogP contribution in [-0.2, 0) is 10.3 Å². The maximum absolute atomic E-state index is 11.9. The molecule has 0 spiro atoms. The van der Waals surface area contributed by atoms with Crippen LogP contribution in [0.1, 0.15) is 25.3 Å². The highest BCUT2D eigenvalue weighted by Crippen LogP contribution is 2.25. The Morgan fingerprint density at radius 3 is 2.90 bits per heavy atom. The van der Waals surface area contributed by atoms with E-state index in [9.17, 15) is 4.79 Å². The van der Waals surface area contributed by atoms with E-state index in [4.69, 9.17) is 0 Å². The third kappa shape index (κ3) is 3.61. The van der Waals surface area contributed by atoms with Gasteiger partial charge in [0.05, 0.1) is 24.0 Å². The number of carbonyl (C=O) groups excluding carboxylic acids is 1. The van der Waals surface area contributed by atoms with Crippen molar-refractivity contribution in [2.24, 2.45) is 0 Å². The van der Waals surface area contributed by atoms with E-state index in [2.05, 4.69) is 34.4 Å². The summed E-state index contributed by atoms with van der Waals surface area (Å²) in [6, 6.07) is 3.60. The highest BCUT2D eigenvalue weighted by molar-refractivity contribution is 7.09. The highest BCUT2D eigenvalue weighted by atomic mass is 32.1. The first-order chi connectivity index (χ1) is 9.64. The van der Waals surface area contributed by atoms with Crippen LogP contribution in [-0.4, -0.2) is 22.4 Å². The molecule has 20 heavy (non-hydrogen) atoms. The second kappa shape index (κ2) is 6.58. The molecule has 0 saturated carbocycles. The van der Waals surface area contributed by atoms with Gasteiger partial charge < -0.3 is 5.32 Å². The van der Waals surface area contributed by atoms with E-state index in [-0.39, 0.29) is 18.0 Å². The van der Waals surface area contributed by atoms with Gasteiger partial charge in [-0.25, -0.2) is 4.98 Å². The Bertz CT molecular complexity index is 544. The summed E-state index contributed by atoms with van der Waals surface area (Å²) in [6.45, 7) is 4.37. The number of rotatable bonds is 6. The summed E-state index contributed by atoms with van der Waals surface area (Å²) in [5.41, 5.74) is 0.423. The van der Waals surface area contributed by atoms with Crippen molar-refractivity contribution >= 4 is 22.9 Å². The van der Waals surface area contributed by atoms with Crippen LogP contribution in [0.5, 0.6) is 0 Å². The lowest BCUT2D eigenvalue weighted by Gasteiger charge is -2.27. The van der Waals surface area contributed by atoms with E-state index in [1.807, 2.05) is 11.4 Å². The molecule has 0 aromatic carbocycles. The zero-order valence-corrected chi connectivity index (χ0v) is 12.4. The van der Waals surface area contributed by atoms with Crippen LogP contribution in [0.3, 0.4) is 0 Å². The quantitative estimate of drug-likeness (QED) is 0.857. The molecule has 0 aliphatic heterocycles. The molecule has 0 saturated heterocycles. The summed E-state index contributed by atoms with van der Waals surface area (Å²) in [4.78, 5) is 20.2. The van der Waals surface area contributed by atoms with E-state index < -0.39 is 0 Å². The minimum atomic E-state index is -0.277. The molecular weight excluding hydrogens is 272 g/mol. The lowest BCUT2D eigenvalue weighted by molar-refractivity contribution is -0.115. The van der Waals surface area contributed by atoms with Crippen molar-refractivity contribution in [1.82, 2.24) is 15.3 Å². The van der Waals surface area contributed by atoms with Crippen molar-refractivity contribution < 1.29 is 4.79 Å². The van der Waals surface area contributed by atoms with E-state index in [1.165, 1.54) is 0 Å². The fourth-order valence-electron chi connectivity index (χ4n) is 1.77. The summed E-state index contributed by atoms with van der Waals surface area (Å²) in [5.74, 6) is -0.0887. The van der Waals surface area contributed by atoms with Crippen molar-refractivity contribution in [3.05, 3.63) is 41.1 Å². The van der Waals surface area contributed by atoms with Crippen LogP contribution >= 0.6 is 11.3 Å². The number of pyridine rings is 1. The van der Waals surface area contributed by atoms with Crippen LogP contribution in [0.15, 0.2) is 36.1 Å². The molecule has 2 aromatic rings. The van der Waals surface area contributed by atoms with Crippen LogP contribution in [0.2, 0.25) is 0 Å². The van der Waals surface area contributed by atoms with Gasteiger partial charge in [0.2, 0.25) is 5.91 Å². The largest absolute Gasteiger partial charge is 0.324 e. The standard InChI is InChI=1S/C14H18N4OS/c1-3-14(2,13-16-7-8-20-13)17-10-12(19)18-11-5-4-6-15-9-11/h4-9,17H,3,10H2,1-2H3,(H,18,19). The average molecular weight is 290 g/mol. The number of hydrogen-bond donors (Lipinski definition) is 2. The first-order valence-electron chi connectivity index (χ1n) is 6.49. The Morgan fingerprint density at radius 2 is 2.30 bits per heavy atom. The van der Waals surface area contributed by atoms with Crippen LogP contribution < -0.4 is 10.6 Å². The summed E-state index contributed by atoms with van der Waals surface area (Å²) in [5, 5.41) is 9.03. The van der Waals surface area contributed by atoms with E-state index in [0.29, 0.717) is 5.69 Å². The molecule has 2 aromatic heterocycles. The van der Waals surface area contributed by atoms with Gasteiger partial charge >= 0.3 is 0 Å². The number of hydrogen-bond acceptors (Lipinski definition) is 5. The maximum atomic E-state index is 11.9. The van der Waals surface area contributed by atoms with Gasteiger partial charge in [-0.15, -0.1) is 11.3 Å². The van der Waals surface area contributed by atoms with Gasteiger partial charge in [0, 0.05) is 17.8 Å².